The Morgan fingerprint density at radius 1 is 1.00 bits per heavy atom. The van der Waals surface area contributed by atoms with Gasteiger partial charge in [0.05, 0.1) is 12.7 Å². The molecule has 1 atom stereocenters. The first kappa shape index (κ1) is 16.1. The van der Waals surface area contributed by atoms with Crippen molar-refractivity contribution in [3.63, 3.8) is 0 Å². The molecule has 122 valence electrons. The molecule has 0 amide bonds. The van der Waals surface area contributed by atoms with Gasteiger partial charge in [-0.15, -0.1) is 0 Å². The highest BCUT2D eigenvalue weighted by Gasteiger charge is 2.33. The molecule has 2 heteroatoms. The van der Waals surface area contributed by atoms with Crippen LogP contribution in [0.25, 0.3) is 0 Å². The Bertz CT molecular complexity index is 607. The van der Waals surface area contributed by atoms with Gasteiger partial charge in [0.2, 0.25) is 0 Å². The zero-order valence-electron chi connectivity index (χ0n) is 14.1. The minimum atomic E-state index is 0.195. The van der Waals surface area contributed by atoms with Gasteiger partial charge < -0.3 is 9.47 Å². The zero-order valence-corrected chi connectivity index (χ0v) is 14.1. The van der Waals surface area contributed by atoms with Crippen molar-refractivity contribution >= 4 is 0 Å². The van der Waals surface area contributed by atoms with E-state index in [0.29, 0.717) is 5.41 Å². The van der Waals surface area contributed by atoms with Crippen molar-refractivity contribution in [2.75, 3.05) is 6.61 Å². The van der Waals surface area contributed by atoms with Crippen molar-refractivity contribution in [1.82, 2.24) is 0 Å². The Morgan fingerprint density at radius 3 is 2.39 bits per heavy atom. The maximum Gasteiger partial charge on any atom is 0.127 e. The molecule has 1 heterocycles. The van der Waals surface area contributed by atoms with Crippen LogP contribution in [-0.2, 0) is 4.74 Å². The van der Waals surface area contributed by atoms with Crippen LogP contribution in [0.15, 0.2) is 54.6 Å². The van der Waals surface area contributed by atoms with E-state index < -0.39 is 0 Å². The molecule has 0 aliphatic carbocycles. The third-order valence-electron chi connectivity index (χ3n) is 5.24. The molecule has 0 radical (unpaired) electrons. The van der Waals surface area contributed by atoms with Gasteiger partial charge in [-0.1, -0.05) is 44.2 Å². The van der Waals surface area contributed by atoms with Crippen LogP contribution in [0.3, 0.4) is 0 Å². The van der Waals surface area contributed by atoms with Crippen LogP contribution in [0.4, 0.5) is 0 Å². The normalized spacial score (nSPS) is 20.2. The lowest BCUT2D eigenvalue weighted by atomic mass is 9.76. The minimum absolute atomic E-state index is 0.195. The molecule has 1 fully saturated rings. The van der Waals surface area contributed by atoms with Gasteiger partial charge >= 0.3 is 0 Å². The number of ether oxygens (including phenoxy) is 2. The smallest absolute Gasteiger partial charge is 0.127 e. The predicted octanol–water partition coefficient (Wildman–Crippen LogP) is 6.14. The number of hydrogen-bond donors (Lipinski definition) is 0. The first-order chi connectivity index (χ1) is 11.2. The summed E-state index contributed by atoms with van der Waals surface area (Å²) >= 11 is 0. The van der Waals surface area contributed by atoms with Crippen LogP contribution in [-0.4, -0.2) is 6.61 Å². The van der Waals surface area contributed by atoms with E-state index in [1.165, 1.54) is 24.8 Å². The number of hydrogen-bond acceptors (Lipinski definition) is 2. The monoisotopic (exact) mass is 310 g/mol. The maximum absolute atomic E-state index is 6.21. The van der Waals surface area contributed by atoms with E-state index in [0.717, 1.165) is 24.5 Å². The summed E-state index contributed by atoms with van der Waals surface area (Å²) in [6.07, 6.45) is 4.94. The Morgan fingerprint density at radius 2 is 1.74 bits per heavy atom. The molecular weight excluding hydrogens is 284 g/mol. The fourth-order valence-electron chi connectivity index (χ4n) is 3.34. The van der Waals surface area contributed by atoms with Crippen molar-refractivity contribution < 1.29 is 9.47 Å². The molecule has 2 nitrogen and oxygen atoms in total. The molecule has 0 bridgehead atoms. The average molecular weight is 310 g/mol. The van der Waals surface area contributed by atoms with Crippen molar-refractivity contribution in [2.24, 2.45) is 5.41 Å². The SMILES string of the molecule is CCC1(CC)CCC(c2cccc(Oc3ccccc3)c2)OC1. The van der Waals surface area contributed by atoms with Gasteiger partial charge in [0.25, 0.3) is 0 Å². The van der Waals surface area contributed by atoms with E-state index in [1.54, 1.807) is 0 Å². The van der Waals surface area contributed by atoms with Crippen LogP contribution < -0.4 is 4.74 Å². The molecular formula is C21H26O2. The molecule has 0 spiro atoms. The summed E-state index contributed by atoms with van der Waals surface area (Å²) in [5.41, 5.74) is 1.61. The Labute approximate surface area is 139 Å². The van der Waals surface area contributed by atoms with Gasteiger partial charge in [-0.3, -0.25) is 0 Å². The topological polar surface area (TPSA) is 18.5 Å². The van der Waals surface area contributed by atoms with Crippen molar-refractivity contribution in [2.45, 2.75) is 45.6 Å². The summed E-state index contributed by atoms with van der Waals surface area (Å²) in [5, 5.41) is 0. The Balaban J connectivity index is 1.69. The highest BCUT2D eigenvalue weighted by molar-refractivity contribution is 5.34. The molecule has 0 saturated carbocycles. The second-order valence-corrected chi connectivity index (χ2v) is 6.53. The van der Waals surface area contributed by atoms with Crippen molar-refractivity contribution in [3.8, 4) is 11.5 Å². The van der Waals surface area contributed by atoms with Crippen LogP contribution in [0.2, 0.25) is 0 Å². The third kappa shape index (κ3) is 3.76. The van der Waals surface area contributed by atoms with Crippen LogP contribution >= 0.6 is 0 Å². The number of benzene rings is 2. The predicted molar refractivity (Wildman–Crippen MR) is 93.9 cm³/mol. The van der Waals surface area contributed by atoms with Gasteiger partial charge in [0.15, 0.2) is 0 Å². The lowest BCUT2D eigenvalue weighted by Gasteiger charge is -2.39. The molecule has 2 aromatic carbocycles. The Hall–Kier alpha value is -1.80. The van der Waals surface area contributed by atoms with Gasteiger partial charge in [0.1, 0.15) is 11.5 Å². The zero-order chi connectivity index (χ0) is 16.1. The molecule has 1 saturated heterocycles. The quantitative estimate of drug-likeness (QED) is 0.660. The molecule has 23 heavy (non-hydrogen) atoms. The number of rotatable bonds is 5. The molecule has 1 aliphatic rings. The fraction of sp³-hybridized carbons (Fsp3) is 0.429. The first-order valence-electron chi connectivity index (χ1n) is 8.69. The lowest BCUT2D eigenvalue weighted by molar-refractivity contribution is -0.0680. The van der Waals surface area contributed by atoms with E-state index in [1.807, 2.05) is 36.4 Å². The van der Waals surface area contributed by atoms with E-state index >= 15 is 0 Å². The van der Waals surface area contributed by atoms with Gasteiger partial charge in [-0.25, -0.2) is 0 Å². The van der Waals surface area contributed by atoms with Gasteiger partial charge in [0, 0.05) is 0 Å². The molecule has 0 N–H and O–H groups in total. The van der Waals surface area contributed by atoms with E-state index in [2.05, 4.69) is 32.0 Å². The van der Waals surface area contributed by atoms with Gasteiger partial charge in [-0.2, -0.15) is 0 Å². The van der Waals surface area contributed by atoms with Crippen LogP contribution in [0.5, 0.6) is 11.5 Å². The molecule has 0 aromatic heterocycles. The summed E-state index contributed by atoms with van der Waals surface area (Å²) in [6, 6.07) is 18.2. The second kappa shape index (κ2) is 7.18. The third-order valence-corrected chi connectivity index (χ3v) is 5.24. The highest BCUT2D eigenvalue weighted by Crippen LogP contribution is 2.42. The van der Waals surface area contributed by atoms with Crippen molar-refractivity contribution in [1.29, 1.82) is 0 Å². The summed E-state index contributed by atoms with van der Waals surface area (Å²) in [5.74, 6) is 1.74. The summed E-state index contributed by atoms with van der Waals surface area (Å²) in [4.78, 5) is 0. The fourth-order valence-corrected chi connectivity index (χ4v) is 3.34. The highest BCUT2D eigenvalue weighted by atomic mass is 16.5. The van der Waals surface area contributed by atoms with Gasteiger partial charge in [-0.05, 0) is 60.9 Å². The van der Waals surface area contributed by atoms with Crippen LogP contribution in [0, 0.1) is 5.41 Å². The largest absolute Gasteiger partial charge is 0.457 e. The lowest BCUT2D eigenvalue weighted by Crippen LogP contribution is -2.32. The Kier molecular flexibility index (Phi) is 5.02. The standard InChI is InChI=1S/C21H26O2/c1-3-21(4-2)14-13-20(22-16-21)17-9-8-12-19(15-17)23-18-10-6-5-7-11-18/h5-12,15,20H,3-4,13-14,16H2,1-2H3. The second-order valence-electron chi connectivity index (χ2n) is 6.53. The van der Waals surface area contributed by atoms with E-state index in [4.69, 9.17) is 9.47 Å². The minimum Gasteiger partial charge on any atom is -0.457 e. The summed E-state index contributed by atoms with van der Waals surface area (Å²) in [7, 11) is 0. The van der Waals surface area contributed by atoms with Crippen LogP contribution in [0.1, 0.15) is 51.2 Å². The average Bonchev–Trinajstić information content (AvgIpc) is 2.63. The molecule has 2 aromatic rings. The maximum atomic E-state index is 6.21. The summed E-state index contributed by atoms with van der Waals surface area (Å²) in [6.45, 7) is 5.43. The molecule has 3 rings (SSSR count). The molecule has 1 aliphatic heterocycles. The van der Waals surface area contributed by atoms with E-state index in [-0.39, 0.29) is 6.10 Å². The number of para-hydroxylation sites is 1. The first-order valence-corrected chi connectivity index (χ1v) is 8.69. The van der Waals surface area contributed by atoms with Crippen molar-refractivity contribution in [3.05, 3.63) is 60.2 Å². The van der Waals surface area contributed by atoms with E-state index in [9.17, 15) is 0 Å². The molecule has 1 unspecified atom stereocenters. The summed E-state index contributed by atoms with van der Waals surface area (Å²) < 4.78 is 12.1.